The van der Waals surface area contributed by atoms with Gasteiger partial charge in [-0.2, -0.15) is 0 Å². The predicted molar refractivity (Wildman–Crippen MR) is 99.3 cm³/mol. The third kappa shape index (κ3) is 6.29. The van der Waals surface area contributed by atoms with Gasteiger partial charge >= 0.3 is 0 Å². The molecule has 0 heterocycles. The van der Waals surface area contributed by atoms with E-state index in [0.717, 1.165) is 25.7 Å². The van der Waals surface area contributed by atoms with Crippen molar-refractivity contribution < 1.29 is 9.53 Å². The van der Waals surface area contributed by atoms with Crippen molar-refractivity contribution in [2.24, 2.45) is 5.92 Å². The monoisotopic (exact) mass is 324 g/mol. The Kier molecular flexibility index (Phi) is 7.70. The molecule has 0 aliphatic rings. The molecule has 2 nitrogen and oxygen atoms in total. The molecule has 2 aromatic carbocycles. The van der Waals surface area contributed by atoms with Crippen LogP contribution in [0.25, 0.3) is 0 Å². The summed E-state index contributed by atoms with van der Waals surface area (Å²) in [7, 11) is 0. The molecule has 0 saturated carbocycles. The number of hydrogen-bond donors (Lipinski definition) is 0. The van der Waals surface area contributed by atoms with Crippen LogP contribution < -0.4 is 0 Å². The van der Waals surface area contributed by atoms with Gasteiger partial charge in [0.2, 0.25) is 0 Å². The summed E-state index contributed by atoms with van der Waals surface area (Å²) in [4.78, 5) is 12.1. The molecule has 0 amide bonds. The molecule has 128 valence electrons. The summed E-state index contributed by atoms with van der Waals surface area (Å²) in [5.74, 6) is 0.251. The molecule has 0 aromatic heterocycles. The first kappa shape index (κ1) is 18.4. The van der Waals surface area contributed by atoms with E-state index in [-0.39, 0.29) is 18.3 Å². The van der Waals surface area contributed by atoms with Gasteiger partial charge in [-0.15, -0.1) is 0 Å². The highest BCUT2D eigenvalue weighted by molar-refractivity contribution is 5.81. The third-order valence-corrected chi connectivity index (χ3v) is 4.47. The number of carbonyl (C=O) groups is 1. The fourth-order valence-electron chi connectivity index (χ4n) is 2.64. The van der Waals surface area contributed by atoms with Crippen LogP contribution in [0.2, 0.25) is 0 Å². The first-order valence-electron chi connectivity index (χ1n) is 8.91. The summed E-state index contributed by atoms with van der Waals surface area (Å²) in [6.07, 6.45) is 3.74. The van der Waals surface area contributed by atoms with Crippen LogP contribution in [0.4, 0.5) is 0 Å². The molecule has 24 heavy (non-hydrogen) atoms. The second-order valence-corrected chi connectivity index (χ2v) is 6.36. The zero-order valence-electron chi connectivity index (χ0n) is 14.8. The number of benzene rings is 2. The van der Waals surface area contributed by atoms with Crippen molar-refractivity contribution in [1.29, 1.82) is 0 Å². The lowest BCUT2D eigenvalue weighted by molar-refractivity contribution is -0.127. The number of carbonyl (C=O) groups excluding carboxylic acids is 1. The third-order valence-electron chi connectivity index (χ3n) is 4.47. The van der Waals surface area contributed by atoms with E-state index in [0.29, 0.717) is 6.61 Å². The molecule has 2 heteroatoms. The van der Waals surface area contributed by atoms with Crippen molar-refractivity contribution in [2.75, 3.05) is 13.2 Å². The second-order valence-electron chi connectivity index (χ2n) is 6.36. The minimum atomic E-state index is 0.0500. The molecule has 0 aliphatic heterocycles. The lowest BCUT2D eigenvalue weighted by Crippen LogP contribution is -2.19. The molecule has 0 bridgehead atoms. The Morgan fingerprint density at radius 2 is 1.54 bits per heavy atom. The Morgan fingerprint density at radius 3 is 2.21 bits per heavy atom. The van der Waals surface area contributed by atoms with E-state index < -0.39 is 0 Å². The van der Waals surface area contributed by atoms with Gasteiger partial charge in [-0.3, -0.25) is 4.79 Å². The van der Waals surface area contributed by atoms with Crippen molar-refractivity contribution in [3.05, 3.63) is 71.3 Å². The quantitative estimate of drug-likeness (QED) is 0.595. The van der Waals surface area contributed by atoms with Crippen LogP contribution in [-0.4, -0.2) is 19.0 Å². The van der Waals surface area contributed by atoms with Gasteiger partial charge in [0.15, 0.2) is 5.78 Å². The lowest BCUT2D eigenvalue weighted by atomic mass is 9.98. The highest BCUT2D eigenvalue weighted by Gasteiger charge is 2.12. The first-order chi connectivity index (χ1) is 11.7. The maximum absolute atomic E-state index is 12.1. The van der Waals surface area contributed by atoms with Crippen LogP contribution in [0.5, 0.6) is 0 Å². The Balaban J connectivity index is 1.63. The van der Waals surface area contributed by atoms with Gasteiger partial charge in [-0.1, -0.05) is 68.4 Å². The molecule has 0 saturated heterocycles. The second kappa shape index (κ2) is 10.0. The van der Waals surface area contributed by atoms with Crippen molar-refractivity contribution in [2.45, 2.75) is 39.5 Å². The largest absolute Gasteiger partial charge is 0.373 e. The Hall–Kier alpha value is -1.93. The molecule has 0 aliphatic carbocycles. The van der Waals surface area contributed by atoms with E-state index >= 15 is 0 Å². The molecule has 2 rings (SSSR count). The van der Waals surface area contributed by atoms with Crippen molar-refractivity contribution in [1.82, 2.24) is 0 Å². The van der Waals surface area contributed by atoms with Crippen molar-refractivity contribution in [3.63, 3.8) is 0 Å². The van der Waals surface area contributed by atoms with Crippen LogP contribution in [0.1, 0.15) is 37.0 Å². The van der Waals surface area contributed by atoms with E-state index in [9.17, 15) is 4.79 Å². The zero-order valence-corrected chi connectivity index (χ0v) is 14.8. The van der Waals surface area contributed by atoms with Gasteiger partial charge in [-0.25, -0.2) is 0 Å². The maximum atomic E-state index is 12.1. The number of ketones is 1. The number of rotatable bonds is 10. The van der Waals surface area contributed by atoms with Gasteiger partial charge in [-0.05, 0) is 42.4 Å². The highest BCUT2D eigenvalue weighted by atomic mass is 16.5. The molecule has 0 unspecified atom stereocenters. The van der Waals surface area contributed by atoms with E-state index in [4.69, 9.17) is 4.74 Å². The zero-order chi connectivity index (χ0) is 17.2. The number of aryl methyl sites for hydroxylation is 2. The topological polar surface area (TPSA) is 26.3 Å². The number of hydrogen-bond acceptors (Lipinski definition) is 2. The maximum Gasteiger partial charge on any atom is 0.161 e. The summed E-state index contributed by atoms with van der Waals surface area (Å²) in [5.41, 5.74) is 3.90. The minimum Gasteiger partial charge on any atom is -0.373 e. The smallest absolute Gasteiger partial charge is 0.161 e. The highest BCUT2D eigenvalue weighted by Crippen LogP contribution is 2.11. The van der Waals surface area contributed by atoms with Crippen LogP contribution in [0.3, 0.4) is 0 Å². The molecule has 0 spiro atoms. The van der Waals surface area contributed by atoms with Gasteiger partial charge in [0.1, 0.15) is 6.61 Å². The molecular formula is C22H28O2. The van der Waals surface area contributed by atoms with E-state index in [1.54, 1.807) is 0 Å². The first-order valence-corrected chi connectivity index (χ1v) is 8.91. The fourth-order valence-corrected chi connectivity index (χ4v) is 2.64. The van der Waals surface area contributed by atoms with Gasteiger partial charge in [0.25, 0.3) is 0 Å². The number of Topliss-reactive ketones (excluding diaryl/α,β-unsaturated/α-hetero) is 1. The molecule has 0 radical (unpaired) electrons. The van der Waals surface area contributed by atoms with Crippen LogP contribution >= 0.6 is 0 Å². The summed E-state index contributed by atoms with van der Waals surface area (Å²) in [6.45, 7) is 4.98. The summed E-state index contributed by atoms with van der Waals surface area (Å²) in [6, 6.07) is 18.9. The normalized spacial score (nSPS) is 12.1. The Labute approximate surface area is 145 Å². The Morgan fingerprint density at radius 1 is 0.917 bits per heavy atom. The molecule has 0 fully saturated rings. The summed E-state index contributed by atoms with van der Waals surface area (Å²) >= 11 is 0. The lowest BCUT2D eigenvalue weighted by Gasteiger charge is -2.11. The minimum absolute atomic E-state index is 0.0500. The summed E-state index contributed by atoms with van der Waals surface area (Å²) < 4.78 is 5.58. The summed E-state index contributed by atoms with van der Waals surface area (Å²) in [5, 5.41) is 0. The number of ether oxygens (including phenoxy) is 1. The van der Waals surface area contributed by atoms with Crippen LogP contribution in [-0.2, 0) is 28.8 Å². The Bertz CT molecular complexity index is 602. The predicted octanol–water partition coefficient (Wildman–Crippen LogP) is 4.65. The molecule has 1 atom stereocenters. The van der Waals surface area contributed by atoms with E-state index in [1.165, 1.54) is 16.7 Å². The van der Waals surface area contributed by atoms with Gasteiger partial charge in [0, 0.05) is 5.92 Å². The molecular weight excluding hydrogens is 296 g/mol. The van der Waals surface area contributed by atoms with Crippen LogP contribution in [0.15, 0.2) is 54.6 Å². The fraction of sp³-hybridized carbons (Fsp3) is 0.409. The SMILES string of the molecule is CCc1ccc(CCOCC(=O)[C@H](C)CCc2ccccc2)cc1. The standard InChI is InChI=1S/C22H28O2/c1-3-19-11-13-21(14-12-19)15-16-24-17-22(23)18(2)9-10-20-7-5-4-6-8-20/h4-8,11-14,18H,3,9-10,15-17H2,1-2H3/t18-/m1/s1. The van der Waals surface area contributed by atoms with E-state index in [2.05, 4.69) is 43.3 Å². The van der Waals surface area contributed by atoms with Crippen molar-refractivity contribution in [3.8, 4) is 0 Å². The average molecular weight is 324 g/mol. The van der Waals surface area contributed by atoms with Crippen LogP contribution in [0, 0.1) is 5.92 Å². The van der Waals surface area contributed by atoms with Gasteiger partial charge < -0.3 is 4.74 Å². The van der Waals surface area contributed by atoms with E-state index in [1.807, 2.05) is 25.1 Å². The average Bonchev–Trinajstić information content (AvgIpc) is 2.64. The van der Waals surface area contributed by atoms with Gasteiger partial charge in [0.05, 0.1) is 6.61 Å². The molecule has 2 aromatic rings. The molecule has 0 N–H and O–H groups in total. The van der Waals surface area contributed by atoms with Crippen molar-refractivity contribution >= 4 is 5.78 Å².